The minimum absolute atomic E-state index is 0. The molecule has 0 radical (unpaired) electrons. The van der Waals surface area contributed by atoms with Crippen molar-refractivity contribution in [2.24, 2.45) is 0 Å². The van der Waals surface area contributed by atoms with E-state index < -0.39 is 0 Å². The SMILES string of the molecule is Cc1cnc2cc(Cl)ccc2c1NCCN(CCCl)CCCl.Cl. The van der Waals surface area contributed by atoms with Crippen molar-refractivity contribution in [2.45, 2.75) is 6.92 Å². The summed E-state index contributed by atoms with van der Waals surface area (Å²) in [5, 5.41) is 5.30. The Morgan fingerprint density at radius 2 is 1.83 bits per heavy atom. The molecule has 0 atom stereocenters. The van der Waals surface area contributed by atoms with E-state index in [0.717, 1.165) is 48.3 Å². The van der Waals surface area contributed by atoms with Gasteiger partial charge in [-0.15, -0.1) is 35.6 Å². The summed E-state index contributed by atoms with van der Waals surface area (Å²) < 4.78 is 0. The highest BCUT2D eigenvalue weighted by Crippen LogP contribution is 2.27. The molecule has 1 aromatic carbocycles. The second-order valence-electron chi connectivity index (χ2n) is 5.12. The molecule has 3 nitrogen and oxygen atoms in total. The largest absolute Gasteiger partial charge is 0.383 e. The maximum absolute atomic E-state index is 6.03. The lowest BCUT2D eigenvalue weighted by atomic mass is 10.1. The van der Waals surface area contributed by atoms with Gasteiger partial charge in [-0.2, -0.15) is 0 Å². The first-order valence-electron chi connectivity index (χ1n) is 7.28. The smallest absolute Gasteiger partial charge is 0.0737 e. The van der Waals surface area contributed by atoms with E-state index in [1.807, 2.05) is 24.4 Å². The van der Waals surface area contributed by atoms with Crippen molar-refractivity contribution < 1.29 is 0 Å². The van der Waals surface area contributed by atoms with Crippen LogP contribution in [0.2, 0.25) is 5.02 Å². The number of aryl methyl sites for hydroxylation is 1. The molecule has 1 aromatic heterocycles. The first kappa shape index (κ1) is 20.6. The lowest BCUT2D eigenvalue weighted by Crippen LogP contribution is -2.32. The summed E-state index contributed by atoms with van der Waals surface area (Å²) in [6.07, 6.45) is 1.87. The van der Waals surface area contributed by atoms with Crippen LogP contribution in [0.15, 0.2) is 24.4 Å². The van der Waals surface area contributed by atoms with Gasteiger partial charge in [-0.05, 0) is 30.7 Å². The van der Waals surface area contributed by atoms with Crippen molar-refractivity contribution in [2.75, 3.05) is 43.3 Å². The number of anilines is 1. The van der Waals surface area contributed by atoms with E-state index in [1.54, 1.807) is 0 Å². The number of halogens is 4. The van der Waals surface area contributed by atoms with Crippen molar-refractivity contribution in [3.05, 3.63) is 35.0 Å². The fraction of sp³-hybridized carbons (Fsp3) is 0.438. The predicted octanol–water partition coefficient (Wildman–Crippen LogP) is 4.81. The number of pyridine rings is 1. The van der Waals surface area contributed by atoms with Crippen LogP contribution in [-0.2, 0) is 0 Å². The summed E-state index contributed by atoms with van der Waals surface area (Å²) in [4.78, 5) is 6.69. The first-order chi connectivity index (χ1) is 10.7. The molecule has 0 unspecified atom stereocenters. The highest BCUT2D eigenvalue weighted by molar-refractivity contribution is 6.31. The van der Waals surface area contributed by atoms with Gasteiger partial charge in [0.1, 0.15) is 0 Å². The molecule has 23 heavy (non-hydrogen) atoms. The topological polar surface area (TPSA) is 28.2 Å². The predicted molar refractivity (Wildman–Crippen MR) is 105 cm³/mol. The summed E-state index contributed by atoms with van der Waals surface area (Å²) in [6, 6.07) is 5.79. The third kappa shape index (κ3) is 5.84. The van der Waals surface area contributed by atoms with Gasteiger partial charge in [0.2, 0.25) is 0 Å². The maximum Gasteiger partial charge on any atom is 0.0737 e. The number of aromatic nitrogens is 1. The zero-order valence-electron chi connectivity index (χ0n) is 13.0. The molecular formula is C16H21Cl4N3. The molecule has 2 rings (SSSR count). The van der Waals surface area contributed by atoms with Gasteiger partial charge in [-0.1, -0.05) is 11.6 Å². The van der Waals surface area contributed by atoms with Crippen molar-refractivity contribution in [1.29, 1.82) is 0 Å². The Labute approximate surface area is 158 Å². The summed E-state index contributed by atoms with van der Waals surface area (Å²) >= 11 is 17.7. The van der Waals surface area contributed by atoms with E-state index >= 15 is 0 Å². The molecule has 1 N–H and O–H groups in total. The van der Waals surface area contributed by atoms with E-state index in [2.05, 4.69) is 22.1 Å². The molecule has 0 aliphatic rings. The quantitative estimate of drug-likeness (QED) is 0.649. The van der Waals surface area contributed by atoms with Crippen LogP contribution in [0.5, 0.6) is 0 Å². The Kier molecular flexibility index (Phi) is 9.33. The van der Waals surface area contributed by atoms with Gasteiger partial charge in [0.15, 0.2) is 0 Å². The fourth-order valence-electron chi connectivity index (χ4n) is 2.41. The van der Waals surface area contributed by atoms with Crippen molar-refractivity contribution >= 4 is 63.8 Å². The van der Waals surface area contributed by atoms with E-state index in [0.29, 0.717) is 16.8 Å². The van der Waals surface area contributed by atoms with Gasteiger partial charge in [0, 0.05) is 60.2 Å². The van der Waals surface area contributed by atoms with Crippen LogP contribution < -0.4 is 5.32 Å². The van der Waals surface area contributed by atoms with Gasteiger partial charge < -0.3 is 5.32 Å². The summed E-state index contributed by atoms with van der Waals surface area (Å²) in [6.45, 7) is 5.48. The molecule has 0 aliphatic carbocycles. The second-order valence-corrected chi connectivity index (χ2v) is 6.32. The van der Waals surface area contributed by atoms with Crippen LogP contribution in [0, 0.1) is 6.92 Å². The highest BCUT2D eigenvalue weighted by atomic mass is 35.5. The van der Waals surface area contributed by atoms with Gasteiger partial charge >= 0.3 is 0 Å². The van der Waals surface area contributed by atoms with Gasteiger partial charge in [0.25, 0.3) is 0 Å². The number of nitrogens with one attached hydrogen (secondary N) is 1. The lowest BCUT2D eigenvalue weighted by molar-refractivity contribution is 0.319. The molecule has 0 spiro atoms. The molecule has 1 heterocycles. The Balaban J connectivity index is 0.00000264. The van der Waals surface area contributed by atoms with E-state index in [4.69, 9.17) is 34.8 Å². The number of hydrogen-bond donors (Lipinski definition) is 1. The molecule has 0 amide bonds. The number of alkyl halides is 2. The van der Waals surface area contributed by atoms with E-state index in [9.17, 15) is 0 Å². The minimum Gasteiger partial charge on any atom is -0.383 e. The number of benzene rings is 1. The molecule has 0 fully saturated rings. The standard InChI is InChI=1S/C16H20Cl3N3.ClH/c1-12-11-21-15-10-13(19)2-3-14(15)16(12)20-6-9-22(7-4-17)8-5-18;/h2-3,10-11H,4-9H2,1H3,(H,20,21);1H. The molecule has 0 saturated carbocycles. The summed E-state index contributed by atoms with van der Waals surface area (Å²) in [5.41, 5.74) is 3.13. The third-order valence-electron chi connectivity index (χ3n) is 3.55. The van der Waals surface area contributed by atoms with Gasteiger partial charge in [-0.3, -0.25) is 9.88 Å². The average molecular weight is 397 g/mol. The highest BCUT2D eigenvalue weighted by Gasteiger charge is 2.08. The number of nitrogens with zero attached hydrogens (tertiary/aromatic N) is 2. The molecular weight excluding hydrogens is 376 g/mol. The van der Waals surface area contributed by atoms with E-state index in [1.165, 1.54) is 0 Å². The molecule has 0 bridgehead atoms. The van der Waals surface area contributed by atoms with Gasteiger partial charge in [-0.25, -0.2) is 0 Å². The average Bonchev–Trinajstić information content (AvgIpc) is 2.50. The molecule has 0 saturated heterocycles. The van der Waals surface area contributed by atoms with Crippen LogP contribution in [0.4, 0.5) is 5.69 Å². The lowest BCUT2D eigenvalue weighted by Gasteiger charge is -2.21. The second kappa shape index (κ2) is 10.4. The van der Waals surface area contributed by atoms with Crippen LogP contribution in [0.1, 0.15) is 5.56 Å². The Morgan fingerprint density at radius 3 is 2.48 bits per heavy atom. The van der Waals surface area contributed by atoms with Crippen molar-refractivity contribution in [3.63, 3.8) is 0 Å². The Hall–Kier alpha value is -0.450. The zero-order chi connectivity index (χ0) is 15.9. The van der Waals surface area contributed by atoms with E-state index in [-0.39, 0.29) is 12.4 Å². The van der Waals surface area contributed by atoms with Crippen LogP contribution in [0.25, 0.3) is 10.9 Å². The van der Waals surface area contributed by atoms with Crippen molar-refractivity contribution in [1.82, 2.24) is 9.88 Å². The minimum atomic E-state index is 0. The normalized spacial score (nSPS) is 10.8. The monoisotopic (exact) mass is 395 g/mol. The van der Waals surface area contributed by atoms with Crippen molar-refractivity contribution in [3.8, 4) is 0 Å². The third-order valence-corrected chi connectivity index (χ3v) is 4.13. The molecule has 128 valence electrons. The maximum atomic E-state index is 6.03. The van der Waals surface area contributed by atoms with Crippen LogP contribution in [-0.4, -0.2) is 47.8 Å². The molecule has 7 heteroatoms. The molecule has 0 aliphatic heterocycles. The number of rotatable bonds is 8. The number of fused-ring (bicyclic) bond motifs is 1. The summed E-state index contributed by atoms with van der Waals surface area (Å²) in [5.74, 6) is 1.24. The van der Waals surface area contributed by atoms with Gasteiger partial charge in [0.05, 0.1) is 5.52 Å². The first-order valence-corrected chi connectivity index (χ1v) is 8.73. The Bertz CT molecular complexity index is 616. The van der Waals surface area contributed by atoms with Crippen LogP contribution >= 0.6 is 47.2 Å². The molecule has 2 aromatic rings. The number of hydrogen-bond acceptors (Lipinski definition) is 3. The fourth-order valence-corrected chi connectivity index (χ4v) is 3.06. The zero-order valence-corrected chi connectivity index (χ0v) is 16.1. The Morgan fingerprint density at radius 1 is 1.13 bits per heavy atom. The van der Waals surface area contributed by atoms with Crippen LogP contribution in [0.3, 0.4) is 0 Å². The summed E-state index contributed by atoms with van der Waals surface area (Å²) in [7, 11) is 0.